The van der Waals surface area contributed by atoms with Gasteiger partial charge in [-0.3, -0.25) is 4.79 Å². The summed E-state index contributed by atoms with van der Waals surface area (Å²) in [4.78, 5) is 12.5. The van der Waals surface area contributed by atoms with Gasteiger partial charge in [-0.25, -0.2) is 0 Å². The number of alkyl halides is 2. The quantitative estimate of drug-likeness (QED) is 0.807. The molecule has 0 N–H and O–H groups in total. The number of carbonyl (C=O) groups is 1. The number of halogens is 2. The van der Waals surface area contributed by atoms with Crippen LogP contribution in [0.3, 0.4) is 0 Å². The molecule has 2 aromatic carbocycles. The van der Waals surface area contributed by atoms with E-state index in [0.717, 1.165) is 21.8 Å². The fourth-order valence-electron chi connectivity index (χ4n) is 2.62. The fourth-order valence-corrected chi connectivity index (χ4v) is 4.96. The largest absolute Gasteiger partial charge is 0.434 e. The highest BCUT2D eigenvalue weighted by Gasteiger charge is 2.30. The van der Waals surface area contributed by atoms with Crippen molar-refractivity contribution < 1.29 is 18.3 Å². The van der Waals surface area contributed by atoms with Gasteiger partial charge in [0.15, 0.2) is 4.90 Å². The van der Waals surface area contributed by atoms with Gasteiger partial charge in [-0.05, 0) is 18.2 Å². The van der Waals surface area contributed by atoms with Crippen LogP contribution in [-0.4, -0.2) is 23.9 Å². The smallest absolute Gasteiger partial charge is 0.387 e. The molecule has 1 fully saturated rings. The maximum atomic E-state index is 12.5. The van der Waals surface area contributed by atoms with E-state index in [9.17, 15) is 13.6 Å². The number of ketones is 1. The van der Waals surface area contributed by atoms with E-state index in [2.05, 4.69) is 4.74 Å². The fraction of sp³-hybridized carbons (Fsp3) is 0.312. The van der Waals surface area contributed by atoms with E-state index in [-0.39, 0.29) is 16.6 Å². The standard InChI is InChI=1S/C16H15F2O2S/c17-16(18)20-14-5-6-15(13-4-2-1-3-12(13)14)21-9-7-11(19)8-10-21/h1-6,16H,7-10H2/q+1. The molecule has 0 bridgehead atoms. The zero-order chi connectivity index (χ0) is 14.8. The first-order valence-electron chi connectivity index (χ1n) is 6.81. The van der Waals surface area contributed by atoms with E-state index >= 15 is 0 Å². The third-order valence-corrected chi connectivity index (χ3v) is 6.00. The summed E-state index contributed by atoms with van der Waals surface area (Å²) in [6.45, 7) is -2.82. The summed E-state index contributed by atoms with van der Waals surface area (Å²) < 4.78 is 29.6. The number of rotatable bonds is 3. The monoisotopic (exact) mass is 309 g/mol. The van der Waals surface area contributed by atoms with Crippen LogP contribution < -0.4 is 4.74 Å². The SMILES string of the molecule is O=C1CC[S+](c2ccc(OC(F)F)c3ccccc23)CC1. The number of hydrogen-bond donors (Lipinski definition) is 0. The molecule has 0 aromatic heterocycles. The van der Waals surface area contributed by atoms with E-state index in [1.807, 2.05) is 24.3 Å². The van der Waals surface area contributed by atoms with Crippen LogP contribution in [-0.2, 0) is 15.7 Å². The molecular weight excluding hydrogens is 294 g/mol. The highest BCUT2D eigenvalue weighted by molar-refractivity contribution is 7.97. The third-order valence-electron chi connectivity index (χ3n) is 3.63. The minimum Gasteiger partial charge on any atom is -0.434 e. The summed E-state index contributed by atoms with van der Waals surface area (Å²) in [7, 11) is 0.0119. The van der Waals surface area contributed by atoms with Gasteiger partial charge in [0, 0.05) is 21.7 Å². The predicted molar refractivity (Wildman–Crippen MR) is 80.2 cm³/mol. The summed E-state index contributed by atoms with van der Waals surface area (Å²) in [6.07, 6.45) is 1.24. The van der Waals surface area contributed by atoms with Gasteiger partial charge >= 0.3 is 6.61 Å². The molecule has 5 heteroatoms. The van der Waals surface area contributed by atoms with Crippen molar-refractivity contribution in [2.75, 3.05) is 11.5 Å². The molecule has 1 heterocycles. The Morgan fingerprint density at radius 1 is 1.00 bits per heavy atom. The average Bonchev–Trinajstić information content (AvgIpc) is 2.48. The van der Waals surface area contributed by atoms with Crippen LogP contribution in [0, 0.1) is 0 Å². The summed E-state index contributed by atoms with van der Waals surface area (Å²) in [5, 5.41) is 1.66. The Bertz CT molecular complexity index is 662. The van der Waals surface area contributed by atoms with Gasteiger partial charge in [-0.15, -0.1) is 0 Å². The van der Waals surface area contributed by atoms with Crippen molar-refractivity contribution in [1.29, 1.82) is 0 Å². The van der Waals surface area contributed by atoms with Gasteiger partial charge in [-0.1, -0.05) is 18.2 Å². The second-order valence-electron chi connectivity index (χ2n) is 4.93. The van der Waals surface area contributed by atoms with Crippen LogP contribution in [0.1, 0.15) is 12.8 Å². The van der Waals surface area contributed by atoms with Crippen LogP contribution in [0.2, 0.25) is 0 Å². The molecule has 1 aliphatic heterocycles. The third kappa shape index (κ3) is 3.02. The Labute approximate surface area is 124 Å². The molecule has 0 atom stereocenters. The number of hydrogen-bond acceptors (Lipinski definition) is 2. The predicted octanol–water partition coefficient (Wildman–Crippen LogP) is 3.78. The number of carbonyl (C=O) groups excluding carboxylic acids is 1. The van der Waals surface area contributed by atoms with Gasteiger partial charge in [0.25, 0.3) is 0 Å². The van der Waals surface area contributed by atoms with E-state index < -0.39 is 6.61 Å². The van der Waals surface area contributed by atoms with Crippen LogP contribution in [0.5, 0.6) is 5.75 Å². The Balaban J connectivity index is 2.02. The van der Waals surface area contributed by atoms with Crippen LogP contribution >= 0.6 is 0 Å². The van der Waals surface area contributed by atoms with Crippen molar-refractivity contribution in [3.05, 3.63) is 36.4 Å². The lowest BCUT2D eigenvalue weighted by Gasteiger charge is -2.16. The second kappa shape index (κ2) is 6.02. The molecule has 1 saturated heterocycles. The molecule has 0 aliphatic carbocycles. The Hall–Kier alpha value is -1.62. The zero-order valence-electron chi connectivity index (χ0n) is 11.4. The molecule has 2 aromatic rings. The maximum absolute atomic E-state index is 12.5. The molecule has 1 aliphatic rings. The zero-order valence-corrected chi connectivity index (χ0v) is 12.2. The van der Waals surface area contributed by atoms with Crippen LogP contribution in [0.25, 0.3) is 10.8 Å². The lowest BCUT2D eigenvalue weighted by molar-refractivity contribution is -0.118. The number of fused-ring (bicyclic) bond motifs is 1. The van der Waals surface area contributed by atoms with Gasteiger partial charge < -0.3 is 4.74 Å². The average molecular weight is 309 g/mol. The number of benzene rings is 2. The van der Waals surface area contributed by atoms with E-state index in [1.165, 1.54) is 0 Å². The van der Waals surface area contributed by atoms with E-state index in [1.54, 1.807) is 12.1 Å². The first kappa shape index (κ1) is 14.3. The van der Waals surface area contributed by atoms with Crippen LogP contribution in [0.4, 0.5) is 8.78 Å². The summed E-state index contributed by atoms with van der Waals surface area (Å²) >= 11 is 0. The van der Waals surface area contributed by atoms with Crippen molar-refractivity contribution >= 4 is 27.5 Å². The van der Waals surface area contributed by atoms with Gasteiger partial charge in [0.05, 0.1) is 12.8 Å². The lowest BCUT2D eigenvalue weighted by Crippen LogP contribution is -2.24. The summed E-state index contributed by atoms with van der Waals surface area (Å²) in [5.41, 5.74) is 0. The minimum absolute atomic E-state index is 0.0119. The van der Waals surface area contributed by atoms with Crippen molar-refractivity contribution in [2.45, 2.75) is 24.3 Å². The Morgan fingerprint density at radius 2 is 1.67 bits per heavy atom. The molecule has 0 saturated carbocycles. The highest BCUT2D eigenvalue weighted by Crippen LogP contribution is 2.34. The molecule has 21 heavy (non-hydrogen) atoms. The topological polar surface area (TPSA) is 26.3 Å². The van der Waals surface area contributed by atoms with Crippen molar-refractivity contribution in [2.24, 2.45) is 0 Å². The van der Waals surface area contributed by atoms with E-state index in [4.69, 9.17) is 0 Å². The van der Waals surface area contributed by atoms with Crippen molar-refractivity contribution in [3.8, 4) is 5.75 Å². The molecule has 0 unspecified atom stereocenters. The molecule has 0 radical (unpaired) electrons. The molecular formula is C16H15F2O2S+. The first-order valence-corrected chi connectivity index (χ1v) is 8.37. The highest BCUT2D eigenvalue weighted by atomic mass is 32.2. The molecule has 0 amide bonds. The number of Topliss-reactive ketones (excluding diaryl/α,β-unsaturated/α-hetero) is 1. The Kier molecular flexibility index (Phi) is 4.10. The lowest BCUT2D eigenvalue weighted by atomic mass is 10.1. The first-order chi connectivity index (χ1) is 10.1. The molecule has 3 rings (SSSR count). The second-order valence-corrected chi connectivity index (χ2v) is 7.17. The van der Waals surface area contributed by atoms with E-state index in [0.29, 0.717) is 24.0 Å². The number of ether oxygens (including phenoxy) is 1. The summed E-state index contributed by atoms with van der Waals surface area (Å²) in [6, 6.07) is 10.9. The minimum atomic E-state index is -2.82. The molecule has 2 nitrogen and oxygen atoms in total. The van der Waals surface area contributed by atoms with Gasteiger partial charge in [0.1, 0.15) is 23.0 Å². The maximum Gasteiger partial charge on any atom is 0.387 e. The normalized spacial score (nSPS) is 16.6. The Morgan fingerprint density at radius 3 is 2.33 bits per heavy atom. The molecule has 0 spiro atoms. The summed E-state index contributed by atoms with van der Waals surface area (Å²) in [5.74, 6) is 2.25. The van der Waals surface area contributed by atoms with Gasteiger partial charge in [0.2, 0.25) is 0 Å². The van der Waals surface area contributed by atoms with Crippen molar-refractivity contribution in [3.63, 3.8) is 0 Å². The van der Waals surface area contributed by atoms with Crippen molar-refractivity contribution in [1.82, 2.24) is 0 Å². The van der Waals surface area contributed by atoms with Gasteiger partial charge in [-0.2, -0.15) is 8.78 Å². The van der Waals surface area contributed by atoms with Crippen LogP contribution in [0.15, 0.2) is 41.3 Å². The molecule has 110 valence electrons.